The fraction of sp³-hybridized carbons (Fsp3) is 0.333. The van der Waals surface area contributed by atoms with E-state index < -0.39 is 12.5 Å². The summed E-state index contributed by atoms with van der Waals surface area (Å²) >= 11 is 0. The highest BCUT2D eigenvalue weighted by molar-refractivity contribution is 5.11. The predicted molar refractivity (Wildman–Crippen MR) is 31.6 cm³/mol. The van der Waals surface area contributed by atoms with Gasteiger partial charge in [0.1, 0.15) is 0 Å². The Bertz CT molecular complexity index is 186. The Morgan fingerprint density at radius 2 is 2.20 bits per heavy atom. The standard InChI is InChI=1S/C6H7F2NO/c7-6(8)5(9)4-1-2-10-3-4/h1-3,5-6H,9H2/t5-/m0/s1. The van der Waals surface area contributed by atoms with Crippen LogP contribution in [-0.4, -0.2) is 6.43 Å². The molecule has 0 saturated carbocycles. The van der Waals surface area contributed by atoms with Gasteiger partial charge in [-0.3, -0.25) is 0 Å². The van der Waals surface area contributed by atoms with E-state index in [4.69, 9.17) is 5.73 Å². The van der Waals surface area contributed by atoms with Gasteiger partial charge >= 0.3 is 0 Å². The first kappa shape index (κ1) is 7.21. The van der Waals surface area contributed by atoms with Crippen LogP contribution in [0.1, 0.15) is 11.6 Å². The molecule has 0 aliphatic heterocycles. The van der Waals surface area contributed by atoms with Crippen LogP contribution in [0.25, 0.3) is 0 Å². The van der Waals surface area contributed by atoms with E-state index >= 15 is 0 Å². The first-order valence-corrected chi connectivity index (χ1v) is 2.77. The van der Waals surface area contributed by atoms with Gasteiger partial charge in [-0.2, -0.15) is 0 Å². The SMILES string of the molecule is N[C@@H](c1ccoc1)C(F)F. The highest BCUT2D eigenvalue weighted by Crippen LogP contribution is 2.17. The van der Waals surface area contributed by atoms with E-state index in [1.807, 2.05) is 0 Å². The van der Waals surface area contributed by atoms with E-state index in [9.17, 15) is 8.78 Å². The summed E-state index contributed by atoms with van der Waals surface area (Å²) < 4.78 is 28.2. The van der Waals surface area contributed by atoms with Gasteiger partial charge in [0, 0.05) is 5.56 Å². The van der Waals surface area contributed by atoms with Gasteiger partial charge in [-0.1, -0.05) is 0 Å². The van der Waals surface area contributed by atoms with E-state index in [1.165, 1.54) is 18.6 Å². The molecule has 0 unspecified atom stereocenters. The van der Waals surface area contributed by atoms with Gasteiger partial charge in [0.15, 0.2) is 0 Å². The maximum absolute atomic E-state index is 11.8. The van der Waals surface area contributed by atoms with Crippen LogP contribution in [0.4, 0.5) is 8.78 Å². The van der Waals surface area contributed by atoms with Gasteiger partial charge in [0.2, 0.25) is 0 Å². The smallest absolute Gasteiger partial charge is 0.257 e. The second-order valence-corrected chi connectivity index (χ2v) is 1.92. The Hall–Kier alpha value is -0.900. The molecular weight excluding hydrogens is 140 g/mol. The van der Waals surface area contributed by atoms with E-state index in [-0.39, 0.29) is 0 Å². The second-order valence-electron chi connectivity index (χ2n) is 1.92. The average Bonchev–Trinajstić information content (AvgIpc) is 2.36. The minimum atomic E-state index is -2.53. The monoisotopic (exact) mass is 147 g/mol. The normalized spacial score (nSPS) is 14.0. The van der Waals surface area contributed by atoms with Crippen LogP contribution in [0.3, 0.4) is 0 Å². The average molecular weight is 147 g/mol. The minimum Gasteiger partial charge on any atom is -0.472 e. The molecule has 1 atom stereocenters. The number of hydrogen-bond acceptors (Lipinski definition) is 2. The van der Waals surface area contributed by atoms with Gasteiger partial charge in [-0.05, 0) is 6.07 Å². The maximum atomic E-state index is 11.8. The number of rotatable bonds is 2. The van der Waals surface area contributed by atoms with Gasteiger partial charge in [-0.15, -0.1) is 0 Å². The number of halogens is 2. The summed E-state index contributed by atoms with van der Waals surface area (Å²) in [4.78, 5) is 0. The lowest BCUT2D eigenvalue weighted by atomic mass is 10.2. The molecule has 0 bridgehead atoms. The summed E-state index contributed by atoms with van der Waals surface area (Å²) in [5, 5.41) is 0. The van der Waals surface area contributed by atoms with Crippen molar-refractivity contribution in [2.45, 2.75) is 12.5 Å². The third-order valence-electron chi connectivity index (χ3n) is 1.20. The maximum Gasteiger partial charge on any atom is 0.257 e. The Morgan fingerprint density at radius 1 is 1.50 bits per heavy atom. The number of furan rings is 1. The van der Waals surface area contributed by atoms with E-state index in [0.717, 1.165) is 0 Å². The summed E-state index contributed by atoms with van der Waals surface area (Å²) in [6, 6.07) is 0.204. The highest BCUT2D eigenvalue weighted by atomic mass is 19.3. The Labute approximate surface area is 56.6 Å². The van der Waals surface area contributed by atoms with Crippen molar-refractivity contribution in [3.63, 3.8) is 0 Å². The van der Waals surface area contributed by atoms with Crippen LogP contribution in [0, 0.1) is 0 Å². The molecule has 2 nitrogen and oxygen atoms in total. The molecule has 10 heavy (non-hydrogen) atoms. The molecule has 0 aromatic carbocycles. The molecule has 0 amide bonds. The van der Waals surface area contributed by atoms with Crippen molar-refractivity contribution in [1.29, 1.82) is 0 Å². The molecule has 0 saturated heterocycles. The van der Waals surface area contributed by atoms with Crippen LogP contribution in [0.5, 0.6) is 0 Å². The van der Waals surface area contributed by atoms with E-state index in [1.54, 1.807) is 0 Å². The molecule has 1 rings (SSSR count). The van der Waals surface area contributed by atoms with Gasteiger partial charge < -0.3 is 10.2 Å². The largest absolute Gasteiger partial charge is 0.472 e. The molecule has 0 aliphatic carbocycles. The molecule has 1 aromatic heterocycles. The molecule has 1 aromatic rings. The Kier molecular flexibility index (Phi) is 2.01. The summed E-state index contributed by atoms with van der Waals surface area (Å²) in [6.07, 6.45) is 0.00611. The quantitative estimate of drug-likeness (QED) is 0.689. The summed E-state index contributed by atoms with van der Waals surface area (Å²) in [7, 11) is 0. The lowest BCUT2D eigenvalue weighted by Gasteiger charge is -2.05. The zero-order valence-corrected chi connectivity index (χ0v) is 5.13. The third-order valence-corrected chi connectivity index (χ3v) is 1.20. The van der Waals surface area contributed by atoms with Crippen LogP contribution in [-0.2, 0) is 0 Å². The van der Waals surface area contributed by atoms with Crippen LogP contribution >= 0.6 is 0 Å². The summed E-state index contributed by atoms with van der Waals surface area (Å²) in [5.41, 5.74) is 5.40. The van der Waals surface area contributed by atoms with Gasteiger partial charge in [0.25, 0.3) is 6.43 Å². The van der Waals surface area contributed by atoms with Crippen molar-refractivity contribution in [3.8, 4) is 0 Å². The number of hydrogen-bond donors (Lipinski definition) is 1. The van der Waals surface area contributed by atoms with Crippen molar-refractivity contribution < 1.29 is 13.2 Å². The first-order valence-electron chi connectivity index (χ1n) is 2.77. The van der Waals surface area contributed by atoms with Crippen LogP contribution < -0.4 is 5.73 Å². The lowest BCUT2D eigenvalue weighted by molar-refractivity contribution is 0.116. The van der Waals surface area contributed by atoms with Crippen molar-refractivity contribution >= 4 is 0 Å². The zero-order chi connectivity index (χ0) is 7.56. The Balaban J connectivity index is 2.68. The Morgan fingerprint density at radius 3 is 2.60 bits per heavy atom. The van der Waals surface area contributed by atoms with E-state index in [0.29, 0.717) is 5.56 Å². The fourth-order valence-electron chi connectivity index (χ4n) is 0.610. The lowest BCUT2D eigenvalue weighted by Crippen LogP contribution is -2.17. The van der Waals surface area contributed by atoms with Crippen LogP contribution in [0.2, 0.25) is 0 Å². The predicted octanol–water partition coefficient (Wildman–Crippen LogP) is 1.54. The molecule has 56 valence electrons. The highest BCUT2D eigenvalue weighted by Gasteiger charge is 2.17. The van der Waals surface area contributed by atoms with E-state index in [2.05, 4.69) is 4.42 Å². The molecule has 2 N–H and O–H groups in total. The van der Waals surface area contributed by atoms with Crippen molar-refractivity contribution in [2.24, 2.45) is 5.73 Å². The second kappa shape index (κ2) is 2.79. The topological polar surface area (TPSA) is 39.2 Å². The molecule has 0 spiro atoms. The molecule has 0 fully saturated rings. The minimum absolute atomic E-state index is 0.329. The molecule has 4 heteroatoms. The molecule has 0 radical (unpaired) electrons. The zero-order valence-electron chi connectivity index (χ0n) is 5.13. The van der Waals surface area contributed by atoms with Gasteiger partial charge in [0.05, 0.1) is 18.6 Å². The fourth-order valence-corrected chi connectivity index (χ4v) is 0.610. The van der Waals surface area contributed by atoms with Gasteiger partial charge in [-0.25, -0.2) is 8.78 Å². The summed E-state index contributed by atoms with van der Waals surface area (Å²) in [5.74, 6) is 0. The van der Waals surface area contributed by atoms with Crippen molar-refractivity contribution in [1.82, 2.24) is 0 Å². The van der Waals surface area contributed by atoms with Crippen LogP contribution in [0.15, 0.2) is 23.0 Å². The number of nitrogens with two attached hydrogens (primary N) is 1. The van der Waals surface area contributed by atoms with Crippen molar-refractivity contribution in [2.75, 3.05) is 0 Å². The summed E-state index contributed by atoms with van der Waals surface area (Å²) in [6.45, 7) is 0. The third kappa shape index (κ3) is 1.33. The molecule has 0 aliphatic rings. The van der Waals surface area contributed by atoms with Crippen molar-refractivity contribution in [3.05, 3.63) is 24.2 Å². The molecule has 1 heterocycles. The molecular formula is C6H7F2NO. The number of alkyl halides is 2. The first-order chi connectivity index (χ1) is 4.72.